The summed E-state index contributed by atoms with van der Waals surface area (Å²) in [4.78, 5) is 0. The van der Waals surface area contributed by atoms with E-state index in [1.807, 2.05) is 37.3 Å². The lowest BCUT2D eigenvalue weighted by Gasteiger charge is -2.19. The van der Waals surface area contributed by atoms with Crippen LogP contribution in [0.15, 0.2) is 42.5 Å². The van der Waals surface area contributed by atoms with Crippen molar-refractivity contribution in [3.63, 3.8) is 0 Å². The molecule has 0 saturated heterocycles. The van der Waals surface area contributed by atoms with Crippen molar-refractivity contribution in [2.45, 2.75) is 19.3 Å². The molecule has 21 heavy (non-hydrogen) atoms. The molecule has 2 aromatic carbocycles. The van der Waals surface area contributed by atoms with Crippen molar-refractivity contribution in [1.82, 2.24) is 0 Å². The molecule has 0 heterocycles. The molecular formula is C17H19Cl2NO. The van der Waals surface area contributed by atoms with E-state index < -0.39 is 0 Å². The molecule has 0 aliphatic carbocycles. The summed E-state index contributed by atoms with van der Waals surface area (Å²) < 4.78 is 5.67. The van der Waals surface area contributed by atoms with E-state index in [9.17, 15) is 0 Å². The highest BCUT2D eigenvalue weighted by molar-refractivity contribution is 6.42. The molecule has 1 unspecified atom stereocenters. The van der Waals surface area contributed by atoms with E-state index in [0.717, 1.165) is 23.3 Å². The van der Waals surface area contributed by atoms with Crippen molar-refractivity contribution in [3.05, 3.63) is 63.6 Å². The van der Waals surface area contributed by atoms with Crippen LogP contribution < -0.4 is 10.5 Å². The second kappa shape index (κ2) is 7.69. The summed E-state index contributed by atoms with van der Waals surface area (Å²) in [7, 11) is 0. The van der Waals surface area contributed by atoms with E-state index in [4.69, 9.17) is 33.7 Å². The number of hydrogen-bond donors (Lipinski definition) is 1. The van der Waals surface area contributed by atoms with Gasteiger partial charge in [-0.3, -0.25) is 0 Å². The Bertz CT molecular complexity index is 601. The lowest BCUT2D eigenvalue weighted by Crippen LogP contribution is -2.16. The normalized spacial score (nSPS) is 12.2. The Labute approximate surface area is 135 Å². The van der Waals surface area contributed by atoms with Crippen LogP contribution in [0, 0.1) is 0 Å². The van der Waals surface area contributed by atoms with Crippen LogP contribution >= 0.6 is 23.2 Å². The van der Waals surface area contributed by atoms with E-state index >= 15 is 0 Å². The lowest BCUT2D eigenvalue weighted by molar-refractivity contribution is 0.335. The van der Waals surface area contributed by atoms with Gasteiger partial charge in [-0.15, -0.1) is 0 Å². The highest BCUT2D eigenvalue weighted by Crippen LogP contribution is 2.33. The zero-order chi connectivity index (χ0) is 15.2. The van der Waals surface area contributed by atoms with Crippen LogP contribution in [0.4, 0.5) is 0 Å². The van der Waals surface area contributed by atoms with Gasteiger partial charge in [0, 0.05) is 5.92 Å². The van der Waals surface area contributed by atoms with Crippen molar-refractivity contribution < 1.29 is 4.74 Å². The molecule has 2 nitrogen and oxygen atoms in total. The van der Waals surface area contributed by atoms with Crippen LogP contribution in [0.3, 0.4) is 0 Å². The first-order valence-electron chi connectivity index (χ1n) is 7.02. The molecule has 2 N–H and O–H groups in total. The molecule has 112 valence electrons. The van der Waals surface area contributed by atoms with Crippen molar-refractivity contribution in [2.75, 3.05) is 13.2 Å². The van der Waals surface area contributed by atoms with Gasteiger partial charge in [0.25, 0.3) is 0 Å². The van der Waals surface area contributed by atoms with Crippen molar-refractivity contribution in [2.24, 2.45) is 5.73 Å². The van der Waals surface area contributed by atoms with Crippen LogP contribution in [-0.2, 0) is 6.42 Å². The first-order valence-corrected chi connectivity index (χ1v) is 7.77. The molecule has 0 aromatic heterocycles. The van der Waals surface area contributed by atoms with E-state index in [2.05, 4.69) is 6.07 Å². The zero-order valence-electron chi connectivity index (χ0n) is 12.0. The first-order chi connectivity index (χ1) is 10.2. The molecule has 2 rings (SSSR count). The minimum absolute atomic E-state index is 0.109. The minimum atomic E-state index is 0.109. The van der Waals surface area contributed by atoms with Gasteiger partial charge in [-0.2, -0.15) is 0 Å². The second-order valence-corrected chi connectivity index (χ2v) is 5.61. The summed E-state index contributed by atoms with van der Waals surface area (Å²) in [6.07, 6.45) is 0.771. The molecule has 0 spiro atoms. The summed E-state index contributed by atoms with van der Waals surface area (Å²) in [5, 5.41) is 1.15. The molecule has 0 saturated carbocycles. The SMILES string of the molecule is CCOc1ccccc1CC(CN)c1cccc(Cl)c1Cl. The molecule has 0 amide bonds. The van der Waals surface area contributed by atoms with Crippen LogP contribution in [-0.4, -0.2) is 13.2 Å². The number of hydrogen-bond acceptors (Lipinski definition) is 2. The topological polar surface area (TPSA) is 35.2 Å². The van der Waals surface area contributed by atoms with Gasteiger partial charge in [-0.05, 0) is 43.1 Å². The average Bonchev–Trinajstić information content (AvgIpc) is 2.50. The predicted octanol–water partition coefficient (Wildman–Crippen LogP) is 4.68. The van der Waals surface area contributed by atoms with Crippen molar-refractivity contribution >= 4 is 23.2 Å². The molecule has 0 bridgehead atoms. The maximum atomic E-state index is 6.32. The standard InChI is InChI=1S/C17H19Cl2NO/c1-2-21-16-9-4-3-6-12(16)10-13(11-20)14-7-5-8-15(18)17(14)19/h3-9,13H,2,10-11,20H2,1H3. The van der Waals surface area contributed by atoms with Gasteiger partial charge in [-0.25, -0.2) is 0 Å². The molecule has 0 aliphatic heterocycles. The third-order valence-corrected chi connectivity index (χ3v) is 4.28. The predicted molar refractivity (Wildman–Crippen MR) is 89.6 cm³/mol. The molecule has 1 atom stereocenters. The summed E-state index contributed by atoms with van der Waals surface area (Å²) in [5.41, 5.74) is 8.07. The Kier molecular flexibility index (Phi) is 5.92. The Hall–Kier alpha value is -1.22. The maximum absolute atomic E-state index is 6.32. The van der Waals surface area contributed by atoms with Crippen LogP contribution in [0.5, 0.6) is 5.75 Å². The fourth-order valence-corrected chi connectivity index (χ4v) is 2.85. The Morgan fingerprint density at radius 2 is 1.86 bits per heavy atom. The van der Waals surface area contributed by atoms with E-state index in [1.165, 1.54) is 0 Å². The monoisotopic (exact) mass is 323 g/mol. The van der Waals surface area contributed by atoms with Gasteiger partial charge in [0.2, 0.25) is 0 Å². The number of para-hydroxylation sites is 1. The fraction of sp³-hybridized carbons (Fsp3) is 0.294. The van der Waals surface area contributed by atoms with Crippen molar-refractivity contribution in [1.29, 1.82) is 0 Å². The van der Waals surface area contributed by atoms with Crippen LogP contribution in [0.25, 0.3) is 0 Å². The Morgan fingerprint density at radius 1 is 1.10 bits per heavy atom. The number of benzene rings is 2. The van der Waals surface area contributed by atoms with Gasteiger partial charge in [0.1, 0.15) is 5.75 Å². The Morgan fingerprint density at radius 3 is 2.57 bits per heavy atom. The third-order valence-electron chi connectivity index (χ3n) is 3.44. The molecular weight excluding hydrogens is 305 g/mol. The van der Waals surface area contributed by atoms with E-state index in [0.29, 0.717) is 23.2 Å². The third kappa shape index (κ3) is 3.91. The average molecular weight is 324 g/mol. The highest BCUT2D eigenvalue weighted by Gasteiger charge is 2.17. The number of ether oxygens (including phenoxy) is 1. The fourth-order valence-electron chi connectivity index (χ4n) is 2.39. The molecule has 0 radical (unpaired) electrons. The molecule has 2 aromatic rings. The van der Waals surface area contributed by atoms with Crippen LogP contribution in [0.1, 0.15) is 24.0 Å². The zero-order valence-corrected chi connectivity index (χ0v) is 13.5. The second-order valence-electron chi connectivity index (χ2n) is 4.82. The molecule has 0 fully saturated rings. The number of nitrogens with two attached hydrogens (primary N) is 1. The first kappa shape index (κ1) is 16.2. The van der Waals surface area contributed by atoms with E-state index in [-0.39, 0.29) is 5.92 Å². The van der Waals surface area contributed by atoms with Crippen molar-refractivity contribution in [3.8, 4) is 5.75 Å². The largest absolute Gasteiger partial charge is 0.494 e. The van der Waals surface area contributed by atoms with Gasteiger partial charge < -0.3 is 10.5 Å². The maximum Gasteiger partial charge on any atom is 0.122 e. The molecule has 4 heteroatoms. The number of halogens is 2. The summed E-state index contributed by atoms with van der Waals surface area (Å²) >= 11 is 12.4. The summed E-state index contributed by atoms with van der Waals surface area (Å²) in [5.74, 6) is 1.01. The van der Waals surface area contributed by atoms with Gasteiger partial charge >= 0.3 is 0 Å². The smallest absolute Gasteiger partial charge is 0.122 e. The lowest BCUT2D eigenvalue weighted by atomic mass is 9.91. The quantitative estimate of drug-likeness (QED) is 0.837. The van der Waals surface area contributed by atoms with Gasteiger partial charge in [-0.1, -0.05) is 53.5 Å². The van der Waals surface area contributed by atoms with E-state index in [1.54, 1.807) is 6.07 Å². The van der Waals surface area contributed by atoms with Crippen LogP contribution in [0.2, 0.25) is 10.0 Å². The Balaban J connectivity index is 2.29. The molecule has 0 aliphatic rings. The highest BCUT2D eigenvalue weighted by atomic mass is 35.5. The van der Waals surface area contributed by atoms with Gasteiger partial charge in [0.05, 0.1) is 16.7 Å². The summed E-state index contributed by atoms with van der Waals surface area (Å²) in [6.45, 7) is 3.12. The van der Waals surface area contributed by atoms with Gasteiger partial charge in [0.15, 0.2) is 0 Å². The summed E-state index contributed by atoms with van der Waals surface area (Å²) in [6, 6.07) is 13.7. The number of rotatable bonds is 6. The minimum Gasteiger partial charge on any atom is -0.494 e.